The number of ether oxygens (including phenoxy) is 2. The molecule has 0 fully saturated rings. The third-order valence-corrected chi connectivity index (χ3v) is 8.95. The molecule has 0 unspecified atom stereocenters. The molecular weight excluding hydrogens is 699 g/mol. The molecule has 0 saturated heterocycles. The van der Waals surface area contributed by atoms with Crippen molar-refractivity contribution in [2.75, 3.05) is 18.0 Å². The molecule has 0 spiro atoms. The van der Waals surface area contributed by atoms with E-state index in [0.29, 0.717) is 37.1 Å². The van der Waals surface area contributed by atoms with E-state index < -0.39 is 27.4 Å². The minimum absolute atomic E-state index is 0.0636. The van der Waals surface area contributed by atoms with Gasteiger partial charge in [-0.25, -0.2) is 13.8 Å². The van der Waals surface area contributed by atoms with Crippen molar-refractivity contribution in [3.63, 3.8) is 0 Å². The van der Waals surface area contributed by atoms with Crippen LogP contribution in [-0.4, -0.2) is 39.1 Å². The molecule has 0 aliphatic carbocycles. The number of nitrogens with zero attached hydrogens (tertiary/aromatic N) is 3. The molecule has 0 saturated carbocycles. The zero-order valence-electron chi connectivity index (χ0n) is 22.8. The van der Waals surface area contributed by atoms with E-state index in [1.54, 1.807) is 36.4 Å². The Morgan fingerprint density at radius 2 is 1.82 bits per heavy atom. The molecule has 0 radical (unpaired) electrons. The van der Waals surface area contributed by atoms with Crippen LogP contribution in [0, 0.1) is 10.1 Å². The second-order valence-corrected chi connectivity index (χ2v) is 12.5. The van der Waals surface area contributed by atoms with Crippen molar-refractivity contribution in [2.45, 2.75) is 11.5 Å². The fourth-order valence-electron chi connectivity index (χ4n) is 3.88. The number of benzene rings is 4. The molecule has 4 aromatic rings. The Labute approximate surface area is 271 Å². The van der Waals surface area contributed by atoms with Crippen LogP contribution < -0.4 is 19.2 Å². The number of methoxy groups -OCH3 is 1. The topological polar surface area (TPSA) is 140 Å². The zero-order valence-corrected chi connectivity index (χ0v) is 26.7. The third kappa shape index (κ3) is 8.05. The van der Waals surface area contributed by atoms with Crippen LogP contribution in [0.1, 0.15) is 11.1 Å². The van der Waals surface area contributed by atoms with Gasteiger partial charge >= 0.3 is 0 Å². The summed E-state index contributed by atoms with van der Waals surface area (Å²) < 4.78 is 39.6. The summed E-state index contributed by atoms with van der Waals surface area (Å²) in [4.78, 5) is 23.5. The second-order valence-electron chi connectivity index (χ2n) is 8.95. The summed E-state index contributed by atoms with van der Waals surface area (Å²) in [6.07, 6.45) is 1.33. The SMILES string of the molecule is COc1cc(/C=N\NC(=O)CN(c2cccc([N+](=O)[O-])c2)S(=O)(=O)c2ccccc2)cc(Br)c1OCc1ccc(Cl)cc1Cl. The molecule has 1 amide bonds. The fourth-order valence-corrected chi connectivity index (χ4v) is 6.36. The van der Waals surface area contributed by atoms with Gasteiger partial charge in [-0.3, -0.25) is 19.2 Å². The van der Waals surface area contributed by atoms with E-state index >= 15 is 0 Å². The first-order valence-electron chi connectivity index (χ1n) is 12.6. The smallest absolute Gasteiger partial charge is 0.271 e. The zero-order chi connectivity index (χ0) is 31.9. The van der Waals surface area contributed by atoms with Gasteiger partial charge in [-0.15, -0.1) is 0 Å². The Hall–Kier alpha value is -4.17. The summed E-state index contributed by atoms with van der Waals surface area (Å²) in [7, 11) is -2.81. The number of nitrogens with one attached hydrogen (secondary N) is 1. The van der Waals surface area contributed by atoms with Crippen molar-refractivity contribution in [1.29, 1.82) is 0 Å². The maximum Gasteiger partial charge on any atom is 0.271 e. The van der Waals surface area contributed by atoms with Gasteiger partial charge in [-0.2, -0.15) is 5.10 Å². The molecular formula is C29H23BrCl2N4O7S. The number of hydrogen-bond donors (Lipinski definition) is 1. The van der Waals surface area contributed by atoms with E-state index in [9.17, 15) is 23.3 Å². The first-order valence-corrected chi connectivity index (χ1v) is 15.6. The predicted octanol–water partition coefficient (Wildman–Crippen LogP) is 6.60. The lowest BCUT2D eigenvalue weighted by Crippen LogP contribution is -2.39. The molecule has 0 atom stereocenters. The Morgan fingerprint density at radius 3 is 2.50 bits per heavy atom. The number of halogens is 3. The van der Waals surface area contributed by atoms with Crippen LogP contribution in [0.25, 0.3) is 0 Å². The monoisotopic (exact) mass is 720 g/mol. The Morgan fingerprint density at radius 1 is 1.07 bits per heavy atom. The molecule has 44 heavy (non-hydrogen) atoms. The maximum atomic E-state index is 13.5. The lowest BCUT2D eigenvalue weighted by Gasteiger charge is -2.23. The minimum atomic E-state index is -4.27. The van der Waals surface area contributed by atoms with Crippen LogP contribution in [0.3, 0.4) is 0 Å². The minimum Gasteiger partial charge on any atom is -0.493 e. The molecule has 0 aliphatic rings. The molecule has 0 aliphatic heterocycles. The summed E-state index contributed by atoms with van der Waals surface area (Å²) in [6.45, 7) is -0.565. The van der Waals surface area contributed by atoms with Crippen LogP contribution in [-0.2, 0) is 21.4 Å². The largest absolute Gasteiger partial charge is 0.493 e. The lowest BCUT2D eigenvalue weighted by atomic mass is 10.2. The van der Waals surface area contributed by atoms with Crippen LogP contribution in [0.2, 0.25) is 10.0 Å². The van der Waals surface area contributed by atoms with Gasteiger partial charge in [0.05, 0.1) is 33.3 Å². The Bertz CT molecular complexity index is 1830. The van der Waals surface area contributed by atoms with Gasteiger partial charge in [0.15, 0.2) is 11.5 Å². The number of rotatable bonds is 12. The van der Waals surface area contributed by atoms with Gasteiger partial charge in [0.25, 0.3) is 21.6 Å². The van der Waals surface area contributed by atoms with E-state index in [4.69, 9.17) is 32.7 Å². The summed E-state index contributed by atoms with van der Waals surface area (Å²) in [5.74, 6) is -0.0282. The number of hydrogen-bond acceptors (Lipinski definition) is 8. The first-order chi connectivity index (χ1) is 21.0. The number of carbonyl (C=O) groups excluding carboxylic acids is 1. The maximum absolute atomic E-state index is 13.5. The molecule has 4 rings (SSSR count). The van der Waals surface area contributed by atoms with Gasteiger partial charge in [-0.05, 0) is 64.0 Å². The summed E-state index contributed by atoms with van der Waals surface area (Å²) >= 11 is 15.6. The Kier molecular flexibility index (Phi) is 10.8. The molecule has 15 heteroatoms. The highest BCUT2D eigenvalue weighted by Crippen LogP contribution is 2.37. The van der Waals surface area contributed by atoms with E-state index in [0.717, 1.165) is 10.4 Å². The standard InChI is InChI=1S/C29H23BrCl2N4O7S/c1-42-27-13-19(12-25(30)29(27)43-18-20-10-11-21(31)14-26(20)32)16-33-34-28(37)17-35(22-6-5-7-23(15-22)36(38)39)44(40,41)24-8-3-2-4-9-24/h2-16H,17-18H2,1H3,(H,34,37)/b33-16-. The van der Waals surface area contributed by atoms with Crippen molar-refractivity contribution < 1.29 is 27.6 Å². The number of amides is 1. The highest BCUT2D eigenvalue weighted by Gasteiger charge is 2.28. The van der Waals surface area contributed by atoms with Gasteiger partial charge in [0.2, 0.25) is 0 Å². The van der Waals surface area contributed by atoms with Crippen LogP contribution in [0.5, 0.6) is 11.5 Å². The van der Waals surface area contributed by atoms with Crippen molar-refractivity contribution >= 4 is 72.7 Å². The van der Waals surface area contributed by atoms with Crippen molar-refractivity contribution in [1.82, 2.24) is 5.43 Å². The van der Waals surface area contributed by atoms with Gasteiger partial charge in [0, 0.05) is 27.7 Å². The number of sulfonamides is 1. The Balaban J connectivity index is 1.51. The fraction of sp³-hybridized carbons (Fsp3) is 0.103. The number of anilines is 1. The number of nitro groups is 1. The first kappa shape index (κ1) is 32.7. The van der Waals surface area contributed by atoms with E-state index in [1.807, 2.05) is 0 Å². The van der Waals surface area contributed by atoms with Gasteiger partial charge < -0.3 is 9.47 Å². The number of nitro benzene ring substituents is 1. The van der Waals surface area contributed by atoms with Gasteiger partial charge in [-0.1, -0.05) is 53.5 Å². The van der Waals surface area contributed by atoms with E-state index in [2.05, 4.69) is 26.5 Å². The molecule has 228 valence electrons. The second kappa shape index (κ2) is 14.5. The van der Waals surface area contributed by atoms with Gasteiger partial charge in [0.1, 0.15) is 13.2 Å². The molecule has 11 nitrogen and oxygen atoms in total. The number of non-ortho nitro benzene ring substituents is 1. The summed E-state index contributed by atoms with van der Waals surface area (Å²) in [5.41, 5.74) is 3.13. The number of hydrazone groups is 1. The summed E-state index contributed by atoms with van der Waals surface area (Å²) in [6, 6.07) is 20.8. The normalized spacial score (nSPS) is 11.3. The molecule has 4 aromatic carbocycles. The predicted molar refractivity (Wildman–Crippen MR) is 171 cm³/mol. The third-order valence-electron chi connectivity index (χ3n) is 5.99. The molecule has 0 aromatic heterocycles. The van der Waals surface area contributed by atoms with Crippen LogP contribution in [0.4, 0.5) is 11.4 Å². The highest BCUT2D eigenvalue weighted by molar-refractivity contribution is 9.10. The van der Waals surface area contributed by atoms with Crippen molar-refractivity contribution in [3.8, 4) is 11.5 Å². The average Bonchev–Trinajstić information content (AvgIpc) is 3.00. The molecule has 0 heterocycles. The number of carbonyl (C=O) groups is 1. The van der Waals surface area contributed by atoms with Crippen molar-refractivity contribution in [2.24, 2.45) is 5.10 Å². The van der Waals surface area contributed by atoms with E-state index in [-0.39, 0.29) is 22.9 Å². The summed E-state index contributed by atoms with van der Waals surface area (Å²) in [5, 5.41) is 16.2. The molecule has 0 bridgehead atoms. The van der Waals surface area contributed by atoms with Crippen LogP contribution in [0.15, 0.2) is 99.4 Å². The highest BCUT2D eigenvalue weighted by atomic mass is 79.9. The molecule has 1 N–H and O–H groups in total. The van der Waals surface area contributed by atoms with Crippen molar-refractivity contribution in [3.05, 3.63) is 121 Å². The van der Waals surface area contributed by atoms with Crippen LogP contribution >= 0.6 is 39.1 Å². The average molecular weight is 722 g/mol. The quantitative estimate of drug-likeness (QED) is 0.0988. The lowest BCUT2D eigenvalue weighted by molar-refractivity contribution is -0.384. The van der Waals surface area contributed by atoms with E-state index in [1.165, 1.54) is 55.8 Å².